The molecule has 2 heteroatoms. The summed E-state index contributed by atoms with van der Waals surface area (Å²) in [6.07, 6.45) is 1.08. The summed E-state index contributed by atoms with van der Waals surface area (Å²) >= 11 is 4.81. The van der Waals surface area contributed by atoms with Crippen molar-refractivity contribution >= 4 is 17.3 Å². The van der Waals surface area contributed by atoms with E-state index in [-0.39, 0.29) is 6.10 Å². The van der Waals surface area contributed by atoms with Gasteiger partial charge in [0.25, 0.3) is 0 Å². The van der Waals surface area contributed by atoms with E-state index in [2.05, 4.69) is 0 Å². The molecule has 0 unspecified atom stereocenters. The molecule has 0 aromatic heterocycles. The molecule has 0 N–H and O–H groups in total. The average molecular weight is 132 g/mol. The van der Waals surface area contributed by atoms with Crippen LogP contribution in [0.1, 0.15) is 27.2 Å². The second kappa shape index (κ2) is 3.84. The Morgan fingerprint density at radius 3 is 2.25 bits per heavy atom. The van der Waals surface area contributed by atoms with Crippen molar-refractivity contribution in [3.05, 3.63) is 0 Å². The molecule has 0 heterocycles. The first-order chi connectivity index (χ1) is 3.66. The third-order valence-corrected chi connectivity index (χ3v) is 1.04. The number of rotatable bonds is 2. The molecule has 0 spiro atoms. The van der Waals surface area contributed by atoms with Crippen LogP contribution in [0.4, 0.5) is 0 Å². The highest BCUT2D eigenvalue weighted by Gasteiger charge is 1.94. The normalized spacial score (nSPS) is 9.50. The fraction of sp³-hybridized carbons (Fsp3) is 0.833. The molecule has 48 valence electrons. The molecule has 0 fully saturated rings. The number of hydrogen-bond acceptors (Lipinski definition) is 2. The lowest BCUT2D eigenvalue weighted by atomic mass is 10.4. The molecule has 0 aliphatic rings. The molecule has 0 amide bonds. The first-order valence-electron chi connectivity index (χ1n) is 2.86. The standard InChI is InChI=1S/C6H12OS/c1-4-6(8)7-5(2)3/h5H,4H2,1-3H3. The summed E-state index contributed by atoms with van der Waals surface area (Å²) < 4.78 is 5.13. The molecule has 0 atom stereocenters. The van der Waals surface area contributed by atoms with Gasteiger partial charge in [-0.3, -0.25) is 0 Å². The van der Waals surface area contributed by atoms with Crippen LogP contribution < -0.4 is 0 Å². The Morgan fingerprint density at radius 1 is 1.62 bits per heavy atom. The smallest absolute Gasteiger partial charge is 0.159 e. The Morgan fingerprint density at radius 2 is 2.12 bits per heavy atom. The second-order valence-corrected chi connectivity index (χ2v) is 2.35. The van der Waals surface area contributed by atoms with Crippen molar-refractivity contribution in [2.75, 3.05) is 0 Å². The van der Waals surface area contributed by atoms with E-state index in [1.54, 1.807) is 0 Å². The van der Waals surface area contributed by atoms with E-state index in [1.807, 2.05) is 20.8 Å². The molecule has 0 radical (unpaired) electrons. The van der Waals surface area contributed by atoms with E-state index in [0.717, 1.165) is 6.42 Å². The minimum Gasteiger partial charge on any atom is -0.484 e. The molecule has 0 rings (SSSR count). The molecule has 8 heavy (non-hydrogen) atoms. The Labute approximate surface area is 56.0 Å². The predicted molar refractivity (Wildman–Crippen MR) is 39.1 cm³/mol. The van der Waals surface area contributed by atoms with Crippen molar-refractivity contribution in [2.45, 2.75) is 33.3 Å². The zero-order valence-corrected chi connectivity index (χ0v) is 6.42. The molecular formula is C6H12OS. The maximum Gasteiger partial charge on any atom is 0.159 e. The van der Waals surface area contributed by atoms with E-state index in [1.165, 1.54) is 0 Å². The highest BCUT2D eigenvalue weighted by atomic mass is 32.1. The molecule has 0 bridgehead atoms. The van der Waals surface area contributed by atoms with Gasteiger partial charge in [0.2, 0.25) is 0 Å². The Bertz CT molecular complexity index is 78.6. The van der Waals surface area contributed by atoms with Crippen LogP contribution >= 0.6 is 12.2 Å². The molecule has 1 nitrogen and oxygen atoms in total. The molecule has 0 aliphatic carbocycles. The third-order valence-electron chi connectivity index (χ3n) is 0.656. The average Bonchev–Trinajstić information content (AvgIpc) is 1.65. The van der Waals surface area contributed by atoms with E-state index in [0.29, 0.717) is 5.05 Å². The van der Waals surface area contributed by atoms with Gasteiger partial charge in [0.1, 0.15) is 0 Å². The summed E-state index contributed by atoms with van der Waals surface area (Å²) in [6.45, 7) is 5.94. The maximum absolute atomic E-state index is 5.13. The molecule has 0 aromatic carbocycles. The van der Waals surface area contributed by atoms with Crippen LogP contribution in [0.2, 0.25) is 0 Å². The summed E-state index contributed by atoms with van der Waals surface area (Å²) in [5.74, 6) is 0. The Kier molecular flexibility index (Phi) is 3.79. The number of ether oxygens (including phenoxy) is 1. The number of thiocarbonyl (C=S) groups is 1. The predicted octanol–water partition coefficient (Wildman–Crippen LogP) is 2.15. The van der Waals surface area contributed by atoms with E-state index in [4.69, 9.17) is 17.0 Å². The van der Waals surface area contributed by atoms with Crippen LogP contribution in [0.25, 0.3) is 0 Å². The first kappa shape index (κ1) is 7.89. The minimum absolute atomic E-state index is 0.238. The van der Waals surface area contributed by atoms with Gasteiger partial charge in [-0.25, -0.2) is 0 Å². The van der Waals surface area contributed by atoms with Crippen molar-refractivity contribution in [2.24, 2.45) is 0 Å². The van der Waals surface area contributed by atoms with Crippen LogP contribution in [0.3, 0.4) is 0 Å². The molecule has 0 saturated heterocycles. The fourth-order valence-electron chi connectivity index (χ4n) is 0.346. The molecule has 0 aliphatic heterocycles. The van der Waals surface area contributed by atoms with Crippen LogP contribution in [-0.4, -0.2) is 11.2 Å². The van der Waals surface area contributed by atoms with Crippen molar-refractivity contribution in [1.82, 2.24) is 0 Å². The van der Waals surface area contributed by atoms with Gasteiger partial charge in [0, 0.05) is 6.42 Å². The van der Waals surface area contributed by atoms with Crippen molar-refractivity contribution < 1.29 is 4.74 Å². The van der Waals surface area contributed by atoms with Crippen molar-refractivity contribution in [3.8, 4) is 0 Å². The van der Waals surface area contributed by atoms with Gasteiger partial charge in [0.15, 0.2) is 5.05 Å². The van der Waals surface area contributed by atoms with Gasteiger partial charge >= 0.3 is 0 Å². The monoisotopic (exact) mass is 132 g/mol. The van der Waals surface area contributed by atoms with Crippen LogP contribution in [0, 0.1) is 0 Å². The van der Waals surface area contributed by atoms with Crippen molar-refractivity contribution in [3.63, 3.8) is 0 Å². The zero-order valence-electron chi connectivity index (χ0n) is 5.60. The lowest BCUT2D eigenvalue weighted by Gasteiger charge is -2.07. The SMILES string of the molecule is CCC(=S)OC(C)C. The van der Waals surface area contributed by atoms with Crippen molar-refractivity contribution in [1.29, 1.82) is 0 Å². The fourth-order valence-corrected chi connectivity index (χ4v) is 0.539. The van der Waals surface area contributed by atoms with E-state index in [9.17, 15) is 0 Å². The summed E-state index contributed by atoms with van der Waals surface area (Å²) in [5.41, 5.74) is 0. The van der Waals surface area contributed by atoms with Gasteiger partial charge in [-0.15, -0.1) is 0 Å². The first-order valence-corrected chi connectivity index (χ1v) is 3.27. The van der Waals surface area contributed by atoms with Gasteiger partial charge in [0.05, 0.1) is 6.10 Å². The van der Waals surface area contributed by atoms with Gasteiger partial charge in [-0.1, -0.05) is 6.92 Å². The second-order valence-electron chi connectivity index (χ2n) is 1.89. The van der Waals surface area contributed by atoms with Gasteiger partial charge in [-0.05, 0) is 26.1 Å². The lowest BCUT2D eigenvalue weighted by Crippen LogP contribution is -2.07. The minimum atomic E-state index is 0.238. The summed E-state index contributed by atoms with van der Waals surface area (Å²) in [7, 11) is 0. The molecular weight excluding hydrogens is 120 g/mol. The van der Waals surface area contributed by atoms with E-state index >= 15 is 0 Å². The topological polar surface area (TPSA) is 9.23 Å². The molecule has 0 aromatic rings. The quantitative estimate of drug-likeness (QED) is 0.532. The van der Waals surface area contributed by atoms with Gasteiger partial charge < -0.3 is 4.74 Å². The Hall–Kier alpha value is -0.110. The van der Waals surface area contributed by atoms with E-state index < -0.39 is 0 Å². The summed E-state index contributed by atoms with van der Waals surface area (Å²) in [4.78, 5) is 0. The summed E-state index contributed by atoms with van der Waals surface area (Å²) in [6, 6.07) is 0. The van der Waals surface area contributed by atoms with Crippen LogP contribution in [0.15, 0.2) is 0 Å². The lowest BCUT2D eigenvalue weighted by molar-refractivity contribution is 0.230. The highest BCUT2D eigenvalue weighted by molar-refractivity contribution is 7.80. The van der Waals surface area contributed by atoms with Crippen LogP contribution in [0.5, 0.6) is 0 Å². The Balaban J connectivity index is 3.25. The maximum atomic E-state index is 5.13. The number of hydrogen-bond donors (Lipinski definition) is 0. The van der Waals surface area contributed by atoms with Crippen LogP contribution in [-0.2, 0) is 4.74 Å². The highest BCUT2D eigenvalue weighted by Crippen LogP contribution is 1.93. The van der Waals surface area contributed by atoms with Gasteiger partial charge in [-0.2, -0.15) is 0 Å². The molecule has 0 saturated carbocycles. The summed E-state index contributed by atoms with van der Waals surface area (Å²) in [5, 5.41) is 0.708. The third kappa shape index (κ3) is 4.06. The largest absolute Gasteiger partial charge is 0.484 e. The zero-order chi connectivity index (χ0) is 6.57.